The molecule has 92 valence electrons. The monoisotopic (exact) mass is 224 g/mol. The zero-order valence-corrected chi connectivity index (χ0v) is 10.3. The zero-order chi connectivity index (χ0) is 11.4. The van der Waals surface area contributed by atoms with Crippen molar-refractivity contribution in [3.05, 3.63) is 11.6 Å². The summed E-state index contributed by atoms with van der Waals surface area (Å²) in [5.41, 5.74) is 1.65. The van der Waals surface area contributed by atoms with Crippen LogP contribution in [0.1, 0.15) is 51.9 Å². The van der Waals surface area contributed by atoms with E-state index >= 15 is 0 Å². The Bertz CT molecular complexity index is 247. The largest absolute Gasteiger partial charge is 0.396 e. The van der Waals surface area contributed by atoms with Gasteiger partial charge in [-0.15, -0.1) is 0 Å². The molecular formula is C14H24O2. The molecule has 1 fully saturated rings. The molecule has 16 heavy (non-hydrogen) atoms. The molecule has 0 saturated heterocycles. The molecule has 2 heteroatoms. The Kier molecular flexibility index (Phi) is 4.42. The molecule has 2 rings (SSSR count). The molecule has 0 unspecified atom stereocenters. The second-order valence-corrected chi connectivity index (χ2v) is 5.19. The summed E-state index contributed by atoms with van der Waals surface area (Å²) in [4.78, 5) is 0. The van der Waals surface area contributed by atoms with Crippen molar-refractivity contribution in [3.63, 3.8) is 0 Å². The minimum atomic E-state index is 0.295. The highest BCUT2D eigenvalue weighted by Crippen LogP contribution is 2.38. The molecule has 2 aliphatic rings. The van der Waals surface area contributed by atoms with E-state index in [-0.39, 0.29) is 0 Å². The number of aliphatic hydroxyl groups is 1. The van der Waals surface area contributed by atoms with Crippen molar-refractivity contribution in [2.24, 2.45) is 5.92 Å². The molecule has 0 radical (unpaired) electrons. The van der Waals surface area contributed by atoms with E-state index < -0.39 is 0 Å². The summed E-state index contributed by atoms with van der Waals surface area (Å²) < 4.78 is 6.04. The Morgan fingerprint density at radius 1 is 1.38 bits per heavy atom. The maximum atomic E-state index is 8.83. The van der Waals surface area contributed by atoms with Gasteiger partial charge < -0.3 is 9.84 Å². The SMILES string of the molecule is C[C@H]1C=C2CCCC[C@@H]2[C@@H](CCCCO)O1. The first kappa shape index (κ1) is 12.1. The van der Waals surface area contributed by atoms with E-state index in [1.165, 1.54) is 25.7 Å². The quantitative estimate of drug-likeness (QED) is 0.587. The fraction of sp³-hybridized carbons (Fsp3) is 0.857. The van der Waals surface area contributed by atoms with Gasteiger partial charge in [-0.1, -0.05) is 18.1 Å². The topological polar surface area (TPSA) is 29.5 Å². The van der Waals surface area contributed by atoms with E-state index in [4.69, 9.17) is 9.84 Å². The maximum absolute atomic E-state index is 8.83. The van der Waals surface area contributed by atoms with Gasteiger partial charge in [-0.05, 0) is 45.4 Å². The first-order valence-electron chi connectivity index (χ1n) is 6.78. The molecule has 0 aromatic heterocycles. The van der Waals surface area contributed by atoms with E-state index in [1.54, 1.807) is 5.57 Å². The Morgan fingerprint density at radius 2 is 2.25 bits per heavy atom. The lowest BCUT2D eigenvalue weighted by Gasteiger charge is -2.38. The third-order valence-corrected chi connectivity index (χ3v) is 3.89. The van der Waals surface area contributed by atoms with E-state index in [0.29, 0.717) is 24.7 Å². The van der Waals surface area contributed by atoms with Gasteiger partial charge in [-0.25, -0.2) is 0 Å². The molecule has 0 amide bonds. The standard InChI is InChI=1S/C14H24O2/c1-11-10-12-6-2-3-7-13(12)14(16-11)8-4-5-9-15/h10-11,13-15H,2-9H2,1H3/t11-,13-,14+/m0/s1. The molecule has 0 bridgehead atoms. The van der Waals surface area contributed by atoms with Crippen LogP contribution in [0.4, 0.5) is 0 Å². The minimum Gasteiger partial charge on any atom is -0.396 e. The molecule has 0 aromatic rings. The van der Waals surface area contributed by atoms with E-state index in [1.807, 2.05) is 0 Å². The van der Waals surface area contributed by atoms with Gasteiger partial charge in [0.25, 0.3) is 0 Å². The minimum absolute atomic E-state index is 0.295. The lowest BCUT2D eigenvalue weighted by molar-refractivity contribution is -0.0305. The average Bonchev–Trinajstić information content (AvgIpc) is 2.29. The molecule has 3 atom stereocenters. The highest BCUT2D eigenvalue weighted by Gasteiger charge is 2.32. The van der Waals surface area contributed by atoms with Gasteiger partial charge in [0.05, 0.1) is 12.2 Å². The van der Waals surface area contributed by atoms with Crippen LogP contribution in [-0.4, -0.2) is 23.9 Å². The molecule has 1 aliphatic carbocycles. The van der Waals surface area contributed by atoms with Gasteiger partial charge in [-0.3, -0.25) is 0 Å². The molecule has 0 aromatic carbocycles. The van der Waals surface area contributed by atoms with Crippen LogP contribution in [0.15, 0.2) is 11.6 Å². The van der Waals surface area contributed by atoms with Gasteiger partial charge in [0.15, 0.2) is 0 Å². The van der Waals surface area contributed by atoms with Crippen LogP contribution < -0.4 is 0 Å². The summed E-state index contributed by atoms with van der Waals surface area (Å²) in [5.74, 6) is 0.684. The molecule has 1 N–H and O–H groups in total. The number of aliphatic hydroxyl groups excluding tert-OH is 1. The predicted molar refractivity (Wildman–Crippen MR) is 65.3 cm³/mol. The van der Waals surface area contributed by atoms with Crippen molar-refractivity contribution in [1.82, 2.24) is 0 Å². The van der Waals surface area contributed by atoms with Crippen LogP contribution in [-0.2, 0) is 4.74 Å². The predicted octanol–water partition coefficient (Wildman–Crippen LogP) is 3.05. The van der Waals surface area contributed by atoms with Crippen LogP contribution in [0.3, 0.4) is 0 Å². The highest BCUT2D eigenvalue weighted by molar-refractivity contribution is 5.16. The third kappa shape index (κ3) is 2.86. The number of rotatable bonds is 4. The molecular weight excluding hydrogens is 200 g/mol. The average molecular weight is 224 g/mol. The van der Waals surface area contributed by atoms with Gasteiger partial charge in [0.1, 0.15) is 0 Å². The number of hydrogen-bond donors (Lipinski definition) is 1. The zero-order valence-electron chi connectivity index (χ0n) is 10.3. The van der Waals surface area contributed by atoms with Crippen molar-refractivity contribution in [1.29, 1.82) is 0 Å². The Balaban J connectivity index is 1.94. The first-order valence-corrected chi connectivity index (χ1v) is 6.78. The summed E-state index contributed by atoms with van der Waals surface area (Å²) in [6.07, 6.45) is 11.5. The smallest absolute Gasteiger partial charge is 0.0734 e. The van der Waals surface area contributed by atoms with E-state index in [9.17, 15) is 0 Å². The van der Waals surface area contributed by atoms with Crippen LogP contribution in [0.5, 0.6) is 0 Å². The fourth-order valence-corrected chi connectivity index (χ4v) is 3.13. The number of hydrogen-bond acceptors (Lipinski definition) is 2. The van der Waals surface area contributed by atoms with Gasteiger partial charge in [-0.2, -0.15) is 0 Å². The number of ether oxygens (including phenoxy) is 1. The van der Waals surface area contributed by atoms with Crippen molar-refractivity contribution in [3.8, 4) is 0 Å². The molecule has 1 heterocycles. The van der Waals surface area contributed by atoms with Crippen molar-refractivity contribution < 1.29 is 9.84 Å². The molecule has 0 spiro atoms. The lowest BCUT2D eigenvalue weighted by atomic mass is 9.77. The highest BCUT2D eigenvalue weighted by atomic mass is 16.5. The van der Waals surface area contributed by atoms with E-state index in [0.717, 1.165) is 19.3 Å². The fourth-order valence-electron chi connectivity index (χ4n) is 3.13. The van der Waals surface area contributed by atoms with Crippen molar-refractivity contribution in [2.75, 3.05) is 6.61 Å². The molecule has 2 nitrogen and oxygen atoms in total. The maximum Gasteiger partial charge on any atom is 0.0734 e. The Labute approximate surface area is 98.7 Å². The van der Waals surface area contributed by atoms with Crippen molar-refractivity contribution in [2.45, 2.75) is 64.1 Å². The summed E-state index contributed by atoms with van der Waals surface area (Å²) in [5, 5.41) is 8.83. The first-order chi connectivity index (χ1) is 7.81. The second-order valence-electron chi connectivity index (χ2n) is 5.19. The molecule has 1 saturated carbocycles. The third-order valence-electron chi connectivity index (χ3n) is 3.89. The Morgan fingerprint density at radius 3 is 3.06 bits per heavy atom. The summed E-state index contributed by atoms with van der Waals surface area (Å²) >= 11 is 0. The molecule has 1 aliphatic heterocycles. The van der Waals surface area contributed by atoms with Crippen LogP contribution in [0, 0.1) is 5.92 Å². The van der Waals surface area contributed by atoms with Crippen molar-refractivity contribution >= 4 is 0 Å². The Hall–Kier alpha value is -0.340. The lowest BCUT2D eigenvalue weighted by Crippen LogP contribution is -2.35. The number of unbranched alkanes of at least 4 members (excludes halogenated alkanes) is 1. The van der Waals surface area contributed by atoms with Gasteiger partial charge in [0, 0.05) is 12.5 Å². The number of fused-ring (bicyclic) bond motifs is 1. The summed E-state index contributed by atoms with van der Waals surface area (Å²) in [7, 11) is 0. The van der Waals surface area contributed by atoms with Crippen LogP contribution in [0.2, 0.25) is 0 Å². The second kappa shape index (κ2) is 5.83. The van der Waals surface area contributed by atoms with E-state index in [2.05, 4.69) is 13.0 Å². The normalized spacial score (nSPS) is 34.4. The van der Waals surface area contributed by atoms with Gasteiger partial charge >= 0.3 is 0 Å². The van der Waals surface area contributed by atoms with Crippen LogP contribution >= 0.6 is 0 Å². The summed E-state index contributed by atoms with van der Waals surface area (Å²) in [6.45, 7) is 2.46. The van der Waals surface area contributed by atoms with Gasteiger partial charge in [0.2, 0.25) is 0 Å². The summed E-state index contributed by atoms with van der Waals surface area (Å²) in [6, 6.07) is 0. The van der Waals surface area contributed by atoms with Crippen LogP contribution in [0.25, 0.3) is 0 Å².